The van der Waals surface area contributed by atoms with Crippen molar-refractivity contribution in [2.24, 2.45) is 0 Å². The third kappa shape index (κ3) is 4.61. The first-order chi connectivity index (χ1) is 10.8. The number of hydrogen-bond acceptors (Lipinski definition) is 4. The minimum Gasteiger partial charge on any atom is -0.321 e. The third-order valence-corrected chi connectivity index (χ3v) is 4.61. The van der Waals surface area contributed by atoms with Gasteiger partial charge in [-0.2, -0.15) is 0 Å². The second-order valence-electron chi connectivity index (χ2n) is 5.42. The summed E-state index contributed by atoms with van der Waals surface area (Å²) in [7, 11) is -3.54. The molecule has 2 rings (SSSR count). The number of carbonyl (C=O) groups is 1. The molecule has 23 heavy (non-hydrogen) atoms. The lowest BCUT2D eigenvalue weighted by Crippen LogP contribution is -2.30. The Morgan fingerprint density at radius 2 is 1.74 bits per heavy atom. The first kappa shape index (κ1) is 17.1. The second-order valence-corrected chi connectivity index (χ2v) is 7.13. The first-order valence-corrected chi connectivity index (χ1v) is 8.63. The van der Waals surface area contributed by atoms with E-state index in [0.717, 1.165) is 5.69 Å². The van der Waals surface area contributed by atoms with E-state index in [2.05, 4.69) is 15.0 Å². The maximum absolute atomic E-state index is 12.1. The van der Waals surface area contributed by atoms with Gasteiger partial charge in [0, 0.05) is 17.4 Å². The van der Waals surface area contributed by atoms with E-state index < -0.39 is 10.0 Å². The molecule has 2 aromatic rings. The van der Waals surface area contributed by atoms with Crippen LogP contribution in [0.15, 0.2) is 47.4 Å². The summed E-state index contributed by atoms with van der Waals surface area (Å²) in [6.07, 6.45) is 0. The van der Waals surface area contributed by atoms with E-state index in [4.69, 9.17) is 0 Å². The molecule has 6 nitrogen and oxygen atoms in total. The van der Waals surface area contributed by atoms with Crippen LogP contribution in [0, 0.1) is 6.92 Å². The maximum Gasteiger partial charge on any atom is 0.274 e. The van der Waals surface area contributed by atoms with Crippen LogP contribution >= 0.6 is 0 Å². The average Bonchev–Trinajstić information content (AvgIpc) is 2.46. The highest BCUT2D eigenvalue weighted by atomic mass is 32.2. The molecule has 7 heteroatoms. The summed E-state index contributed by atoms with van der Waals surface area (Å²) in [5.74, 6) is -0.343. The summed E-state index contributed by atoms with van der Waals surface area (Å²) in [5, 5.41) is 2.69. The lowest BCUT2D eigenvalue weighted by atomic mass is 10.2. The minimum atomic E-state index is -3.54. The Hall–Kier alpha value is -2.25. The van der Waals surface area contributed by atoms with Crippen molar-refractivity contribution in [3.05, 3.63) is 53.9 Å². The smallest absolute Gasteiger partial charge is 0.274 e. The van der Waals surface area contributed by atoms with Crippen molar-refractivity contribution in [3.63, 3.8) is 0 Å². The lowest BCUT2D eigenvalue weighted by Gasteiger charge is -2.10. The lowest BCUT2D eigenvalue weighted by molar-refractivity contribution is 0.102. The van der Waals surface area contributed by atoms with Gasteiger partial charge in [-0.3, -0.25) is 4.79 Å². The number of rotatable bonds is 5. The summed E-state index contributed by atoms with van der Waals surface area (Å²) < 4.78 is 26.6. The third-order valence-electron chi connectivity index (χ3n) is 2.93. The molecule has 0 aliphatic heterocycles. The number of nitrogens with zero attached hydrogens (tertiary/aromatic N) is 1. The van der Waals surface area contributed by atoms with Crippen molar-refractivity contribution in [3.8, 4) is 0 Å². The topological polar surface area (TPSA) is 88.2 Å². The van der Waals surface area contributed by atoms with Crippen molar-refractivity contribution in [2.75, 3.05) is 5.32 Å². The number of nitrogens with one attached hydrogen (secondary N) is 2. The number of benzene rings is 1. The Kier molecular flexibility index (Phi) is 5.12. The van der Waals surface area contributed by atoms with Crippen LogP contribution in [0.2, 0.25) is 0 Å². The molecule has 0 radical (unpaired) electrons. The number of sulfonamides is 1. The van der Waals surface area contributed by atoms with Gasteiger partial charge in [-0.05, 0) is 57.2 Å². The molecule has 0 bridgehead atoms. The van der Waals surface area contributed by atoms with Crippen LogP contribution in [0.4, 0.5) is 5.69 Å². The minimum absolute atomic E-state index is 0.151. The summed E-state index contributed by atoms with van der Waals surface area (Å²) in [6, 6.07) is 11.0. The second kappa shape index (κ2) is 6.89. The van der Waals surface area contributed by atoms with Gasteiger partial charge in [0.05, 0.1) is 4.90 Å². The highest BCUT2D eigenvalue weighted by Crippen LogP contribution is 2.15. The monoisotopic (exact) mass is 333 g/mol. The van der Waals surface area contributed by atoms with Gasteiger partial charge >= 0.3 is 0 Å². The Labute approximate surface area is 136 Å². The van der Waals surface area contributed by atoms with E-state index in [0.29, 0.717) is 11.4 Å². The first-order valence-electron chi connectivity index (χ1n) is 7.15. The molecule has 0 aliphatic carbocycles. The number of hydrogen-bond donors (Lipinski definition) is 2. The van der Waals surface area contributed by atoms with E-state index >= 15 is 0 Å². The largest absolute Gasteiger partial charge is 0.321 e. The zero-order valence-corrected chi connectivity index (χ0v) is 14.0. The Balaban J connectivity index is 2.13. The molecule has 1 amide bonds. The van der Waals surface area contributed by atoms with Gasteiger partial charge in [-0.15, -0.1) is 0 Å². The van der Waals surface area contributed by atoms with Crippen LogP contribution < -0.4 is 10.0 Å². The highest BCUT2D eigenvalue weighted by Gasteiger charge is 2.15. The van der Waals surface area contributed by atoms with Gasteiger partial charge in [0.15, 0.2) is 0 Å². The number of anilines is 1. The molecular formula is C16H19N3O3S. The van der Waals surface area contributed by atoms with Crippen molar-refractivity contribution in [1.29, 1.82) is 0 Å². The molecule has 0 aliphatic rings. The fourth-order valence-corrected chi connectivity index (χ4v) is 3.21. The predicted octanol–water partition coefficient (Wildman–Crippen LogP) is 2.33. The number of amides is 1. The van der Waals surface area contributed by atoms with Gasteiger partial charge in [-0.1, -0.05) is 6.07 Å². The SMILES string of the molecule is Cc1cccc(C(=O)Nc2ccc(S(=O)(=O)NC(C)C)cc2)n1. The molecule has 1 aromatic carbocycles. The molecule has 0 saturated heterocycles. The van der Waals surface area contributed by atoms with Gasteiger partial charge in [0.2, 0.25) is 10.0 Å². The van der Waals surface area contributed by atoms with E-state index in [1.54, 1.807) is 51.1 Å². The highest BCUT2D eigenvalue weighted by molar-refractivity contribution is 7.89. The van der Waals surface area contributed by atoms with E-state index in [1.807, 2.05) is 0 Å². The zero-order valence-electron chi connectivity index (χ0n) is 13.2. The van der Waals surface area contributed by atoms with Crippen molar-refractivity contribution < 1.29 is 13.2 Å². The average molecular weight is 333 g/mol. The van der Waals surface area contributed by atoms with Crippen LogP contribution in [-0.4, -0.2) is 25.4 Å². The molecule has 0 spiro atoms. The van der Waals surface area contributed by atoms with Gasteiger partial charge < -0.3 is 5.32 Å². The Morgan fingerprint density at radius 1 is 1.09 bits per heavy atom. The van der Waals surface area contributed by atoms with Crippen LogP contribution in [0.3, 0.4) is 0 Å². The van der Waals surface area contributed by atoms with E-state index in [1.165, 1.54) is 12.1 Å². The molecule has 0 unspecified atom stereocenters. The Bertz CT molecular complexity index is 800. The fourth-order valence-electron chi connectivity index (χ4n) is 1.96. The van der Waals surface area contributed by atoms with E-state index in [9.17, 15) is 13.2 Å². The van der Waals surface area contributed by atoms with Crippen molar-refractivity contribution in [2.45, 2.75) is 31.7 Å². The van der Waals surface area contributed by atoms with Crippen LogP contribution in [0.1, 0.15) is 30.0 Å². The number of carbonyl (C=O) groups excluding carboxylic acids is 1. The molecule has 2 N–H and O–H groups in total. The van der Waals surface area contributed by atoms with Crippen LogP contribution in [0.5, 0.6) is 0 Å². The predicted molar refractivity (Wildman–Crippen MR) is 88.8 cm³/mol. The molecule has 0 saturated carbocycles. The van der Waals surface area contributed by atoms with Crippen molar-refractivity contribution in [1.82, 2.24) is 9.71 Å². The summed E-state index contributed by atoms with van der Waals surface area (Å²) in [4.78, 5) is 16.4. The normalized spacial score (nSPS) is 11.5. The fraction of sp³-hybridized carbons (Fsp3) is 0.250. The number of pyridine rings is 1. The van der Waals surface area contributed by atoms with Gasteiger partial charge in [-0.25, -0.2) is 18.1 Å². The summed E-state index contributed by atoms with van der Waals surface area (Å²) in [5.41, 5.74) is 1.56. The number of aryl methyl sites for hydroxylation is 1. The molecular weight excluding hydrogens is 314 g/mol. The standard InChI is InChI=1S/C16H19N3O3S/c1-11(2)19-23(21,22)14-9-7-13(8-10-14)18-16(20)15-6-4-5-12(3)17-15/h4-11,19H,1-3H3,(H,18,20). The molecule has 122 valence electrons. The zero-order chi connectivity index (χ0) is 17.0. The van der Waals surface area contributed by atoms with Gasteiger partial charge in [0.25, 0.3) is 5.91 Å². The summed E-state index contributed by atoms with van der Waals surface area (Å²) >= 11 is 0. The van der Waals surface area contributed by atoms with Crippen molar-refractivity contribution >= 4 is 21.6 Å². The van der Waals surface area contributed by atoms with Gasteiger partial charge in [0.1, 0.15) is 5.69 Å². The van der Waals surface area contributed by atoms with Crippen LogP contribution in [-0.2, 0) is 10.0 Å². The molecule has 1 aromatic heterocycles. The summed E-state index contributed by atoms with van der Waals surface area (Å²) in [6.45, 7) is 5.31. The number of aromatic nitrogens is 1. The quantitative estimate of drug-likeness (QED) is 0.879. The van der Waals surface area contributed by atoms with E-state index in [-0.39, 0.29) is 16.8 Å². The molecule has 0 atom stereocenters. The Morgan fingerprint density at radius 3 is 2.30 bits per heavy atom. The molecule has 0 fully saturated rings. The van der Waals surface area contributed by atoms with Crippen LogP contribution in [0.25, 0.3) is 0 Å². The maximum atomic E-state index is 12.1. The molecule has 1 heterocycles.